The Labute approximate surface area is 219 Å². The highest BCUT2D eigenvalue weighted by atomic mass is 16.7. The number of carbonyl (C=O) groups excluding carboxylic acids is 2. The molecule has 0 radical (unpaired) electrons. The predicted molar refractivity (Wildman–Crippen MR) is 135 cm³/mol. The number of rotatable bonds is 12. The van der Waals surface area contributed by atoms with Gasteiger partial charge in [-0.1, -0.05) is 12.8 Å². The zero-order valence-corrected chi connectivity index (χ0v) is 22.4. The van der Waals surface area contributed by atoms with Gasteiger partial charge in [0.05, 0.1) is 24.5 Å². The number of hydrogen-bond donors (Lipinski definition) is 6. The number of hydrogen-bond acceptors (Lipinski definition) is 10. The molecule has 2 amide bonds. The molecule has 6 N–H and O–H groups in total. The van der Waals surface area contributed by atoms with Crippen LogP contribution in [0.1, 0.15) is 57.8 Å². The molecule has 2 aliphatic carbocycles. The maximum atomic E-state index is 12.4. The number of amides is 2. The van der Waals surface area contributed by atoms with E-state index in [0.717, 1.165) is 45.1 Å². The molecule has 7 unspecified atom stereocenters. The van der Waals surface area contributed by atoms with Crippen LogP contribution in [0.2, 0.25) is 0 Å². The number of hydrazine groups is 1. The number of ether oxygens (including phenoxy) is 3. The quantitative estimate of drug-likeness (QED) is 0.190. The highest BCUT2D eigenvalue weighted by Crippen LogP contribution is 2.34. The number of hydroxylamine groups is 1. The molecular formula is C25H46N6O6. The molecule has 0 bridgehead atoms. The van der Waals surface area contributed by atoms with Crippen molar-refractivity contribution in [2.75, 3.05) is 34.4 Å². The van der Waals surface area contributed by atoms with Crippen LogP contribution in [0.5, 0.6) is 0 Å². The molecule has 4 rings (SSSR count). The van der Waals surface area contributed by atoms with Gasteiger partial charge in [0.25, 0.3) is 0 Å². The second-order valence-electron chi connectivity index (χ2n) is 10.7. The molecule has 4 aliphatic rings. The first-order valence-corrected chi connectivity index (χ1v) is 13.8. The summed E-state index contributed by atoms with van der Waals surface area (Å²) in [6.45, 7) is 1.38. The summed E-state index contributed by atoms with van der Waals surface area (Å²) in [5, 5.41) is 9.97. The number of carbonyl (C=O) groups is 2. The predicted octanol–water partition coefficient (Wildman–Crippen LogP) is -0.139. The van der Waals surface area contributed by atoms with Crippen LogP contribution in [0.3, 0.4) is 0 Å². The van der Waals surface area contributed by atoms with E-state index in [4.69, 9.17) is 19.0 Å². The number of nitrogens with one attached hydrogen (secondary N) is 6. The van der Waals surface area contributed by atoms with E-state index in [2.05, 4.69) is 32.3 Å². The lowest BCUT2D eigenvalue weighted by Gasteiger charge is -2.41. The third-order valence-electron chi connectivity index (χ3n) is 8.46. The lowest BCUT2D eigenvalue weighted by Crippen LogP contribution is -2.64. The van der Waals surface area contributed by atoms with Crippen LogP contribution < -0.4 is 32.3 Å². The molecule has 0 aromatic carbocycles. The largest absolute Gasteiger partial charge is 0.379 e. The zero-order chi connectivity index (χ0) is 26.2. The van der Waals surface area contributed by atoms with Crippen LogP contribution in [0.15, 0.2) is 0 Å². The Morgan fingerprint density at radius 1 is 1.05 bits per heavy atom. The fourth-order valence-electron chi connectivity index (χ4n) is 6.39. The summed E-state index contributed by atoms with van der Waals surface area (Å²) >= 11 is 0. The van der Waals surface area contributed by atoms with E-state index in [0.29, 0.717) is 25.3 Å². The van der Waals surface area contributed by atoms with Crippen LogP contribution >= 0.6 is 0 Å². The molecule has 0 aromatic rings. The summed E-state index contributed by atoms with van der Waals surface area (Å²) in [5.74, 6) is 0.835. The van der Waals surface area contributed by atoms with Gasteiger partial charge in [0.1, 0.15) is 12.3 Å². The van der Waals surface area contributed by atoms with E-state index in [1.807, 2.05) is 0 Å². The maximum absolute atomic E-state index is 12.4. The van der Waals surface area contributed by atoms with Gasteiger partial charge in [0.15, 0.2) is 0 Å². The van der Waals surface area contributed by atoms with Crippen molar-refractivity contribution >= 4 is 11.8 Å². The summed E-state index contributed by atoms with van der Waals surface area (Å²) in [5.41, 5.74) is 9.03. The number of methoxy groups -OCH3 is 3. The van der Waals surface area contributed by atoms with Gasteiger partial charge in [0, 0.05) is 46.1 Å². The van der Waals surface area contributed by atoms with E-state index in [1.54, 1.807) is 21.3 Å². The minimum absolute atomic E-state index is 0.0174. The Morgan fingerprint density at radius 3 is 2.54 bits per heavy atom. The summed E-state index contributed by atoms with van der Waals surface area (Å²) < 4.78 is 16.9. The van der Waals surface area contributed by atoms with Crippen LogP contribution in [-0.4, -0.2) is 83.1 Å². The van der Waals surface area contributed by atoms with E-state index >= 15 is 0 Å². The maximum Gasteiger partial charge on any atom is 0.237 e. The molecule has 2 aliphatic heterocycles. The van der Waals surface area contributed by atoms with Crippen molar-refractivity contribution in [2.45, 2.75) is 94.7 Å². The van der Waals surface area contributed by atoms with Crippen molar-refractivity contribution in [2.24, 2.45) is 17.8 Å². The Balaban J connectivity index is 1.09. The van der Waals surface area contributed by atoms with Crippen molar-refractivity contribution in [1.82, 2.24) is 32.3 Å². The van der Waals surface area contributed by atoms with Crippen LogP contribution in [-0.2, 0) is 28.6 Å². The van der Waals surface area contributed by atoms with Gasteiger partial charge in [-0.3, -0.25) is 25.2 Å². The molecular weight excluding hydrogens is 480 g/mol. The Morgan fingerprint density at radius 2 is 1.81 bits per heavy atom. The standard InChI is InChI=1S/C25H46N6O6/c1-34-18-13-15(14-19(35-2)22(18)36-3)23-28-21(37-31-23)10-9-20(32)26-11-6-12-27-24-16-7-4-5-8-17(16)25(33)30-29-24/h15-19,21-24,27-29,31H,4-14H2,1-3H3,(H,26,32)(H,30,33). The Hall–Kier alpha value is -1.38. The van der Waals surface area contributed by atoms with Gasteiger partial charge < -0.3 is 24.8 Å². The van der Waals surface area contributed by atoms with Crippen LogP contribution in [0.4, 0.5) is 0 Å². The fourth-order valence-corrected chi connectivity index (χ4v) is 6.39. The number of fused-ring (bicyclic) bond motifs is 1. The van der Waals surface area contributed by atoms with Gasteiger partial charge in [-0.05, 0) is 51.0 Å². The van der Waals surface area contributed by atoms with Crippen LogP contribution in [0.25, 0.3) is 0 Å². The SMILES string of the molecule is COC1CC(C2NOC(CCC(=O)NCCCNC3NNC(=O)C4CCCCC34)N2)CC(OC)C1OC. The third kappa shape index (κ3) is 7.39. The van der Waals surface area contributed by atoms with E-state index in [1.165, 1.54) is 6.42 Å². The lowest BCUT2D eigenvalue weighted by atomic mass is 9.76. The summed E-state index contributed by atoms with van der Waals surface area (Å²) in [6.07, 6.45) is 7.44. The van der Waals surface area contributed by atoms with Crippen molar-refractivity contribution in [1.29, 1.82) is 0 Å². The van der Waals surface area contributed by atoms with Crippen LogP contribution in [0, 0.1) is 17.8 Å². The van der Waals surface area contributed by atoms with Gasteiger partial charge in [-0.25, -0.2) is 5.43 Å². The van der Waals surface area contributed by atoms with Crippen molar-refractivity contribution < 1.29 is 28.6 Å². The second kappa shape index (κ2) is 14.1. The molecule has 0 aromatic heterocycles. The summed E-state index contributed by atoms with van der Waals surface area (Å²) in [6, 6.07) is 0. The first kappa shape index (κ1) is 28.6. The fraction of sp³-hybridized carbons (Fsp3) is 0.920. The van der Waals surface area contributed by atoms with E-state index in [9.17, 15) is 9.59 Å². The van der Waals surface area contributed by atoms with Gasteiger partial charge in [-0.15, -0.1) is 0 Å². The first-order valence-electron chi connectivity index (χ1n) is 13.8. The summed E-state index contributed by atoms with van der Waals surface area (Å²) in [7, 11) is 5.09. The van der Waals surface area contributed by atoms with Gasteiger partial charge >= 0.3 is 0 Å². The van der Waals surface area contributed by atoms with E-state index < -0.39 is 0 Å². The molecule has 2 saturated carbocycles. The topological polar surface area (TPSA) is 143 Å². The molecule has 37 heavy (non-hydrogen) atoms. The van der Waals surface area contributed by atoms with Crippen molar-refractivity contribution in [3.05, 3.63) is 0 Å². The summed E-state index contributed by atoms with van der Waals surface area (Å²) in [4.78, 5) is 30.2. The van der Waals surface area contributed by atoms with Crippen molar-refractivity contribution in [3.8, 4) is 0 Å². The third-order valence-corrected chi connectivity index (χ3v) is 8.46. The minimum atomic E-state index is -0.226. The monoisotopic (exact) mass is 526 g/mol. The normalized spacial score (nSPS) is 38.1. The highest BCUT2D eigenvalue weighted by Gasteiger charge is 2.43. The smallest absolute Gasteiger partial charge is 0.237 e. The Kier molecular flexibility index (Phi) is 10.9. The molecule has 0 spiro atoms. The molecule has 7 atom stereocenters. The van der Waals surface area contributed by atoms with Gasteiger partial charge in [0.2, 0.25) is 11.8 Å². The molecule has 12 nitrogen and oxygen atoms in total. The molecule has 2 saturated heterocycles. The first-order chi connectivity index (χ1) is 18.0. The van der Waals surface area contributed by atoms with Crippen molar-refractivity contribution in [3.63, 3.8) is 0 Å². The minimum Gasteiger partial charge on any atom is -0.379 e. The average Bonchev–Trinajstić information content (AvgIpc) is 3.41. The van der Waals surface area contributed by atoms with Gasteiger partial charge in [-0.2, -0.15) is 5.48 Å². The Bertz CT molecular complexity index is 732. The van der Waals surface area contributed by atoms with E-state index in [-0.39, 0.29) is 60.5 Å². The molecule has 2 heterocycles. The average molecular weight is 527 g/mol. The lowest BCUT2D eigenvalue weighted by molar-refractivity contribution is -0.145. The molecule has 4 fully saturated rings. The molecule has 12 heteroatoms. The highest BCUT2D eigenvalue weighted by molar-refractivity contribution is 5.79. The molecule has 212 valence electrons. The zero-order valence-electron chi connectivity index (χ0n) is 22.4. The second-order valence-corrected chi connectivity index (χ2v) is 10.7.